The molecule has 2 unspecified atom stereocenters. The van der Waals surface area contributed by atoms with E-state index in [2.05, 4.69) is 0 Å². The summed E-state index contributed by atoms with van der Waals surface area (Å²) in [5.74, 6) is -1.40. The van der Waals surface area contributed by atoms with Crippen LogP contribution in [0.4, 0.5) is 17.6 Å². The van der Waals surface area contributed by atoms with Crippen LogP contribution >= 0.6 is 0 Å². The Bertz CT molecular complexity index is 787. The van der Waals surface area contributed by atoms with Crippen LogP contribution in [0, 0.1) is 5.82 Å². The third-order valence-electron chi connectivity index (χ3n) is 4.90. The van der Waals surface area contributed by atoms with E-state index in [4.69, 9.17) is 0 Å². The number of aliphatic carboxylic acids is 1. The van der Waals surface area contributed by atoms with Crippen LogP contribution < -0.4 is 0 Å². The molecule has 3 rings (SSSR count). The molecule has 27 heavy (non-hydrogen) atoms. The monoisotopic (exact) mass is 381 g/mol. The summed E-state index contributed by atoms with van der Waals surface area (Å²) in [4.78, 5) is 13.5. The lowest BCUT2D eigenvalue weighted by molar-refractivity contribution is -0.145. The standard InChI is InChI=1S/C20H19F4NO2/c21-16-10-6-14(7-11-16)18(25-12-2-1-3-17(25)19(26)27)13-4-8-15(9-5-13)20(22,23)24/h4-11,17-18H,1-3,12H2,(H,26,27). The Morgan fingerprint density at radius 3 is 2.07 bits per heavy atom. The molecule has 1 aliphatic heterocycles. The minimum absolute atomic E-state index is 0.432. The van der Waals surface area contributed by atoms with E-state index in [0.29, 0.717) is 24.1 Å². The molecule has 1 aliphatic rings. The van der Waals surface area contributed by atoms with Crippen molar-refractivity contribution in [1.82, 2.24) is 4.90 Å². The van der Waals surface area contributed by atoms with Crippen molar-refractivity contribution in [2.24, 2.45) is 0 Å². The largest absolute Gasteiger partial charge is 0.480 e. The van der Waals surface area contributed by atoms with Crippen LogP contribution in [-0.4, -0.2) is 28.6 Å². The van der Waals surface area contributed by atoms with Gasteiger partial charge in [-0.1, -0.05) is 30.7 Å². The van der Waals surface area contributed by atoms with Gasteiger partial charge in [-0.15, -0.1) is 0 Å². The van der Waals surface area contributed by atoms with Crippen LogP contribution in [0.5, 0.6) is 0 Å². The predicted octanol–water partition coefficient (Wildman–Crippen LogP) is 4.87. The Balaban J connectivity index is 2.04. The fourth-order valence-corrected chi connectivity index (χ4v) is 3.60. The molecule has 0 aliphatic carbocycles. The van der Waals surface area contributed by atoms with Crippen LogP contribution in [-0.2, 0) is 11.0 Å². The van der Waals surface area contributed by atoms with Crippen molar-refractivity contribution in [3.8, 4) is 0 Å². The second kappa shape index (κ2) is 7.68. The second-order valence-corrected chi connectivity index (χ2v) is 6.66. The maximum Gasteiger partial charge on any atom is 0.416 e. The fourth-order valence-electron chi connectivity index (χ4n) is 3.60. The highest BCUT2D eigenvalue weighted by molar-refractivity contribution is 5.73. The number of alkyl halides is 3. The van der Waals surface area contributed by atoms with Gasteiger partial charge in [0, 0.05) is 0 Å². The zero-order valence-corrected chi connectivity index (χ0v) is 14.4. The average molecular weight is 381 g/mol. The molecular weight excluding hydrogens is 362 g/mol. The summed E-state index contributed by atoms with van der Waals surface area (Å²) in [7, 11) is 0. The number of carboxylic acid groups (broad SMARTS) is 1. The van der Waals surface area contributed by atoms with Crippen molar-refractivity contribution in [2.75, 3.05) is 6.54 Å². The van der Waals surface area contributed by atoms with Crippen molar-refractivity contribution >= 4 is 5.97 Å². The molecule has 2 aromatic rings. The van der Waals surface area contributed by atoms with Crippen molar-refractivity contribution < 1.29 is 27.5 Å². The van der Waals surface area contributed by atoms with Crippen LogP contribution in [0.25, 0.3) is 0 Å². The fraction of sp³-hybridized carbons (Fsp3) is 0.350. The number of piperidine rings is 1. The first kappa shape index (κ1) is 19.4. The van der Waals surface area contributed by atoms with Gasteiger partial charge in [0.15, 0.2) is 0 Å². The highest BCUT2D eigenvalue weighted by Crippen LogP contribution is 2.36. The Hall–Kier alpha value is -2.41. The van der Waals surface area contributed by atoms with Gasteiger partial charge < -0.3 is 5.11 Å². The molecular formula is C20H19F4NO2. The van der Waals surface area contributed by atoms with E-state index < -0.39 is 35.6 Å². The van der Waals surface area contributed by atoms with E-state index in [-0.39, 0.29) is 0 Å². The lowest BCUT2D eigenvalue weighted by atomic mass is 9.91. The molecule has 7 heteroatoms. The van der Waals surface area contributed by atoms with E-state index >= 15 is 0 Å². The zero-order valence-electron chi connectivity index (χ0n) is 14.4. The molecule has 1 saturated heterocycles. The second-order valence-electron chi connectivity index (χ2n) is 6.66. The molecule has 0 saturated carbocycles. The number of hydrogen-bond acceptors (Lipinski definition) is 2. The molecule has 3 nitrogen and oxygen atoms in total. The molecule has 1 N–H and O–H groups in total. The molecule has 2 atom stereocenters. The number of rotatable bonds is 4. The van der Waals surface area contributed by atoms with Crippen LogP contribution in [0.15, 0.2) is 48.5 Å². The summed E-state index contributed by atoms with van der Waals surface area (Å²) in [6.07, 6.45) is -2.41. The highest BCUT2D eigenvalue weighted by atomic mass is 19.4. The first-order valence-electron chi connectivity index (χ1n) is 8.68. The van der Waals surface area contributed by atoms with Gasteiger partial charge in [0.05, 0.1) is 11.6 Å². The Morgan fingerprint density at radius 1 is 1.00 bits per heavy atom. The van der Waals surface area contributed by atoms with Crippen LogP contribution in [0.3, 0.4) is 0 Å². The van der Waals surface area contributed by atoms with E-state index in [9.17, 15) is 27.5 Å². The van der Waals surface area contributed by atoms with Crippen molar-refractivity contribution in [1.29, 1.82) is 0 Å². The van der Waals surface area contributed by atoms with Gasteiger partial charge in [0.1, 0.15) is 11.9 Å². The molecule has 0 bridgehead atoms. The van der Waals surface area contributed by atoms with E-state index in [0.717, 1.165) is 25.0 Å². The molecule has 0 spiro atoms. The summed E-state index contributed by atoms with van der Waals surface area (Å²) >= 11 is 0. The molecule has 0 aromatic heterocycles. The van der Waals surface area contributed by atoms with Gasteiger partial charge in [0.2, 0.25) is 0 Å². The van der Waals surface area contributed by atoms with Crippen molar-refractivity contribution in [2.45, 2.75) is 37.5 Å². The number of likely N-dealkylation sites (tertiary alicyclic amines) is 1. The van der Waals surface area contributed by atoms with Gasteiger partial charge in [-0.3, -0.25) is 9.69 Å². The SMILES string of the molecule is O=C(O)C1CCCCN1C(c1ccc(F)cc1)c1ccc(C(F)(F)F)cc1. The van der Waals surface area contributed by atoms with Crippen LogP contribution in [0.1, 0.15) is 42.0 Å². The zero-order chi connectivity index (χ0) is 19.6. The average Bonchev–Trinajstić information content (AvgIpc) is 2.63. The third kappa shape index (κ3) is 4.30. The summed E-state index contributed by atoms with van der Waals surface area (Å²) in [6, 6.07) is 9.05. The molecule has 1 heterocycles. The maximum atomic E-state index is 13.4. The van der Waals surface area contributed by atoms with Gasteiger partial charge in [-0.25, -0.2) is 4.39 Å². The quantitative estimate of drug-likeness (QED) is 0.768. The van der Waals surface area contributed by atoms with E-state index in [1.54, 1.807) is 17.0 Å². The number of benzene rings is 2. The minimum atomic E-state index is -4.45. The maximum absolute atomic E-state index is 13.4. The lowest BCUT2D eigenvalue weighted by Gasteiger charge is -2.39. The first-order valence-corrected chi connectivity index (χ1v) is 8.68. The van der Waals surface area contributed by atoms with Crippen LogP contribution in [0.2, 0.25) is 0 Å². The summed E-state index contributed by atoms with van der Waals surface area (Å²) in [5.41, 5.74) is 0.421. The number of carboxylic acids is 1. The number of nitrogens with zero attached hydrogens (tertiary/aromatic N) is 1. The summed E-state index contributed by atoms with van der Waals surface area (Å²) in [5, 5.41) is 9.60. The van der Waals surface area contributed by atoms with Gasteiger partial charge in [-0.05, 0) is 54.8 Å². The number of carbonyl (C=O) groups is 1. The summed E-state index contributed by atoms with van der Waals surface area (Å²) in [6.45, 7) is 0.500. The Labute approximate surface area is 154 Å². The Kier molecular flexibility index (Phi) is 5.51. The van der Waals surface area contributed by atoms with Crippen molar-refractivity contribution in [3.05, 3.63) is 71.0 Å². The molecule has 0 amide bonds. The molecule has 0 radical (unpaired) electrons. The van der Waals surface area contributed by atoms with Crippen molar-refractivity contribution in [3.63, 3.8) is 0 Å². The minimum Gasteiger partial charge on any atom is -0.480 e. The number of halogens is 4. The lowest BCUT2D eigenvalue weighted by Crippen LogP contribution is -2.46. The molecule has 2 aromatic carbocycles. The third-order valence-corrected chi connectivity index (χ3v) is 4.90. The van der Waals surface area contributed by atoms with Gasteiger partial charge >= 0.3 is 12.1 Å². The first-order chi connectivity index (χ1) is 12.8. The topological polar surface area (TPSA) is 40.5 Å². The van der Waals surface area contributed by atoms with E-state index in [1.165, 1.54) is 24.3 Å². The normalized spacial score (nSPS) is 19.6. The smallest absolute Gasteiger partial charge is 0.416 e. The summed E-state index contributed by atoms with van der Waals surface area (Å²) < 4.78 is 52.0. The molecule has 1 fully saturated rings. The van der Waals surface area contributed by atoms with E-state index in [1.807, 2.05) is 0 Å². The predicted molar refractivity (Wildman–Crippen MR) is 91.7 cm³/mol. The molecule has 144 valence electrons. The highest BCUT2D eigenvalue weighted by Gasteiger charge is 2.36. The van der Waals surface area contributed by atoms with Gasteiger partial charge in [-0.2, -0.15) is 13.2 Å². The Morgan fingerprint density at radius 2 is 1.56 bits per heavy atom. The number of hydrogen-bond donors (Lipinski definition) is 1. The van der Waals surface area contributed by atoms with Gasteiger partial charge in [0.25, 0.3) is 0 Å².